The van der Waals surface area contributed by atoms with Crippen molar-refractivity contribution in [3.8, 4) is 5.75 Å². The molecule has 0 bridgehead atoms. The monoisotopic (exact) mass is 259 g/mol. The lowest BCUT2D eigenvalue weighted by molar-refractivity contribution is 0.0803. The summed E-state index contributed by atoms with van der Waals surface area (Å²) in [5.41, 5.74) is 0. The average molecular weight is 259 g/mol. The average Bonchev–Trinajstić information content (AvgIpc) is 2.28. The fourth-order valence-electron chi connectivity index (χ4n) is 1.55. The van der Waals surface area contributed by atoms with Gasteiger partial charge in [-0.2, -0.15) is 0 Å². The Kier molecular flexibility index (Phi) is 6.60. The molecule has 1 N–H and O–H groups in total. The maximum absolute atomic E-state index is 13.0. The number of rotatable bonds is 8. The third-order valence-electron chi connectivity index (χ3n) is 2.29. The molecular formula is C13H19F2NO2. The minimum atomic E-state index is -0.650. The highest BCUT2D eigenvalue weighted by Gasteiger charge is 2.11. The van der Waals surface area contributed by atoms with Gasteiger partial charge in [0.15, 0.2) is 0 Å². The summed E-state index contributed by atoms with van der Waals surface area (Å²) in [6.45, 7) is 3.84. The highest BCUT2D eigenvalue weighted by Crippen LogP contribution is 2.16. The first-order valence-corrected chi connectivity index (χ1v) is 5.98. The van der Waals surface area contributed by atoms with Crippen LogP contribution in [0, 0.1) is 11.6 Å². The van der Waals surface area contributed by atoms with Crippen LogP contribution in [0.3, 0.4) is 0 Å². The Bertz CT molecular complexity index is 341. The smallest absolute Gasteiger partial charge is 0.134 e. The standard InChI is InChI=1S/C13H19F2NO2/c1-3-4-16-8-13(9-17-2)18-12-6-10(14)5-11(15)7-12/h5-7,13,16H,3-4,8-9H2,1-2H3. The van der Waals surface area contributed by atoms with Gasteiger partial charge in [-0.25, -0.2) is 8.78 Å². The van der Waals surface area contributed by atoms with Gasteiger partial charge in [0.2, 0.25) is 0 Å². The van der Waals surface area contributed by atoms with Gasteiger partial charge in [0.05, 0.1) is 6.61 Å². The highest BCUT2D eigenvalue weighted by atomic mass is 19.1. The Balaban J connectivity index is 2.58. The van der Waals surface area contributed by atoms with Crippen molar-refractivity contribution in [3.05, 3.63) is 29.8 Å². The molecule has 1 aromatic carbocycles. The van der Waals surface area contributed by atoms with Crippen molar-refractivity contribution >= 4 is 0 Å². The molecule has 0 heterocycles. The topological polar surface area (TPSA) is 30.5 Å². The van der Waals surface area contributed by atoms with Crippen LogP contribution in [0.5, 0.6) is 5.75 Å². The van der Waals surface area contributed by atoms with Crippen molar-refractivity contribution in [1.29, 1.82) is 0 Å². The first-order valence-electron chi connectivity index (χ1n) is 5.98. The number of ether oxygens (including phenoxy) is 2. The number of nitrogens with one attached hydrogen (secondary N) is 1. The molecule has 0 spiro atoms. The predicted octanol–water partition coefficient (Wildman–Crippen LogP) is 2.36. The lowest BCUT2D eigenvalue weighted by atomic mass is 10.3. The van der Waals surface area contributed by atoms with Gasteiger partial charge < -0.3 is 14.8 Å². The van der Waals surface area contributed by atoms with Crippen LogP contribution in [0.2, 0.25) is 0 Å². The van der Waals surface area contributed by atoms with Crippen molar-refractivity contribution in [2.45, 2.75) is 19.4 Å². The van der Waals surface area contributed by atoms with Gasteiger partial charge in [-0.1, -0.05) is 6.92 Å². The van der Waals surface area contributed by atoms with Gasteiger partial charge in [0.1, 0.15) is 23.5 Å². The summed E-state index contributed by atoms with van der Waals surface area (Å²) in [4.78, 5) is 0. The largest absolute Gasteiger partial charge is 0.486 e. The third kappa shape index (κ3) is 5.42. The quantitative estimate of drug-likeness (QED) is 0.727. The number of methoxy groups -OCH3 is 1. The molecule has 5 heteroatoms. The molecule has 1 aromatic rings. The molecule has 3 nitrogen and oxygen atoms in total. The molecule has 0 aliphatic heterocycles. The lowest BCUT2D eigenvalue weighted by Gasteiger charge is -2.19. The SMILES string of the molecule is CCCNCC(COC)Oc1cc(F)cc(F)c1. The summed E-state index contributed by atoms with van der Waals surface area (Å²) in [5.74, 6) is -1.13. The summed E-state index contributed by atoms with van der Waals surface area (Å²) < 4.78 is 36.5. The molecule has 0 amide bonds. The minimum absolute atomic E-state index is 0.174. The Hall–Kier alpha value is -1.20. The van der Waals surface area contributed by atoms with Gasteiger partial charge in [0, 0.05) is 31.9 Å². The summed E-state index contributed by atoms with van der Waals surface area (Å²) in [7, 11) is 1.56. The molecule has 1 atom stereocenters. The van der Waals surface area contributed by atoms with E-state index in [0.717, 1.165) is 31.2 Å². The van der Waals surface area contributed by atoms with Crippen LogP contribution >= 0.6 is 0 Å². The molecule has 102 valence electrons. The van der Waals surface area contributed by atoms with Crippen molar-refractivity contribution in [2.75, 3.05) is 26.8 Å². The molecule has 0 radical (unpaired) electrons. The Morgan fingerprint density at radius 3 is 2.44 bits per heavy atom. The van der Waals surface area contributed by atoms with Crippen molar-refractivity contribution < 1.29 is 18.3 Å². The van der Waals surface area contributed by atoms with Gasteiger partial charge in [-0.05, 0) is 13.0 Å². The second kappa shape index (κ2) is 8.00. The zero-order valence-corrected chi connectivity index (χ0v) is 10.7. The van der Waals surface area contributed by atoms with E-state index in [1.54, 1.807) is 7.11 Å². The molecule has 1 unspecified atom stereocenters. The van der Waals surface area contributed by atoms with E-state index < -0.39 is 11.6 Å². The molecule has 0 aromatic heterocycles. The van der Waals surface area contributed by atoms with E-state index in [1.165, 1.54) is 0 Å². The van der Waals surface area contributed by atoms with E-state index in [4.69, 9.17) is 9.47 Å². The fourth-order valence-corrected chi connectivity index (χ4v) is 1.55. The molecule has 0 saturated carbocycles. The lowest BCUT2D eigenvalue weighted by Crippen LogP contribution is -2.35. The molecule has 18 heavy (non-hydrogen) atoms. The fraction of sp³-hybridized carbons (Fsp3) is 0.538. The van der Waals surface area contributed by atoms with E-state index in [9.17, 15) is 8.78 Å². The molecule has 1 rings (SSSR count). The zero-order chi connectivity index (χ0) is 13.4. The number of hydrogen-bond acceptors (Lipinski definition) is 3. The maximum Gasteiger partial charge on any atom is 0.134 e. The molecular weight excluding hydrogens is 240 g/mol. The van der Waals surface area contributed by atoms with E-state index in [-0.39, 0.29) is 11.9 Å². The number of benzene rings is 1. The first-order chi connectivity index (χ1) is 8.65. The summed E-state index contributed by atoms with van der Waals surface area (Å²) in [5, 5.41) is 3.18. The summed E-state index contributed by atoms with van der Waals surface area (Å²) in [6, 6.07) is 3.13. The van der Waals surface area contributed by atoms with Crippen LogP contribution < -0.4 is 10.1 Å². The molecule has 0 fully saturated rings. The highest BCUT2D eigenvalue weighted by molar-refractivity contribution is 5.24. The molecule has 0 aliphatic rings. The van der Waals surface area contributed by atoms with Crippen LogP contribution in [0.1, 0.15) is 13.3 Å². The zero-order valence-electron chi connectivity index (χ0n) is 10.7. The summed E-state index contributed by atoms with van der Waals surface area (Å²) in [6.07, 6.45) is 0.733. The van der Waals surface area contributed by atoms with Crippen molar-refractivity contribution in [1.82, 2.24) is 5.32 Å². The Morgan fingerprint density at radius 1 is 1.22 bits per heavy atom. The second-order valence-electron chi connectivity index (χ2n) is 4.00. The maximum atomic E-state index is 13.0. The summed E-state index contributed by atoms with van der Waals surface area (Å²) >= 11 is 0. The van der Waals surface area contributed by atoms with Crippen LogP contribution in [-0.4, -0.2) is 32.9 Å². The van der Waals surface area contributed by atoms with E-state index >= 15 is 0 Å². The van der Waals surface area contributed by atoms with Crippen LogP contribution in [-0.2, 0) is 4.74 Å². The third-order valence-corrected chi connectivity index (χ3v) is 2.29. The Morgan fingerprint density at radius 2 is 1.89 bits per heavy atom. The predicted molar refractivity (Wildman–Crippen MR) is 65.8 cm³/mol. The van der Waals surface area contributed by atoms with Gasteiger partial charge in [0.25, 0.3) is 0 Å². The van der Waals surface area contributed by atoms with Gasteiger partial charge >= 0.3 is 0 Å². The van der Waals surface area contributed by atoms with Crippen LogP contribution in [0.25, 0.3) is 0 Å². The van der Waals surface area contributed by atoms with Crippen molar-refractivity contribution in [2.24, 2.45) is 0 Å². The number of hydrogen-bond donors (Lipinski definition) is 1. The van der Waals surface area contributed by atoms with E-state index in [0.29, 0.717) is 13.2 Å². The Labute approximate surface area is 106 Å². The van der Waals surface area contributed by atoms with E-state index in [2.05, 4.69) is 12.2 Å². The molecule has 0 saturated heterocycles. The van der Waals surface area contributed by atoms with Gasteiger partial charge in [-0.15, -0.1) is 0 Å². The van der Waals surface area contributed by atoms with Gasteiger partial charge in [-0.3, -0.25) is 0 Å². The minimum Gasteiger partial charge on any atom is -0.486 e. The number of halogens is 2. The van der Waals surface area contributed by atoms with E-state index in [1.807, 2.05) is 0 Å². The van der Waals surface area contributed by atoms with Crippen LogP contribution in [0.15, 0.2) is 18.2 Å². The first kappa shape index (κ1) is 14.9. The molecule has 0 aliphatic carbocycles. The second-order valence-corrected chi connectivity index (χ2v) is 4.00. The van der Waals surface area contributed by atoms with Crippen molar-refractivity contribution in [3.63, 3.8) is 0 Å². The van der Waals surface area contributed by atoms with Crippen LogP contribution in [0.4, 0.5) is 8.78 Å². The normalized spacial score (nSPS) is 12.4.